The highest BCUT2D eigenvalue weighted by atomic mass is 16.3. The van der Waals surface area contributed by atoms with Gasteiger partial charge in [0.15, 0.2) is 0 Å². The lowest BCUT2D eigenvalue weighted by Crippen LogP contribution is -2.17. The molecule has 2 heterocycles. The number of pyridine rings is 1. The normalized spacial score (nSPS) is 12.9. The summed E-state index contributed by atoms with van der Waals surface area (Å²) in [6, 6.07) is 63.0. The van der Waals surface area contributed by atoms with Gasteiger partial charge in [0.05, 0.1) is 28.0 Å². The number of benzene rings is 8. The Morgan fingerprint density at radius 1 is 0.458 bits per heavy atom. The second-order valence-corrected chi connectivity index (χ2v) is 22.4. The predicted molar refractivity (Wildman–Crippen MR) is 304 cm³/mol. The van der Waals surface area contributed by atoms with Gasteiger partial charge in [0.2, 0.25) is 0 Å². The second kappa shape index (κ2) is 18.4. The number of aromatic nitrogens is 3. The van der Waals surface area contributed by atoms with Gasteiger partial charge in [0.25, 0.3) is 0 Å². The summed E-state index contributed by atoms with van der Waals surface area (Å²) in [6.07, 6.45) is 1.81. The number of imidazole rings is 1. The van der Waals surface area contributed by atoms with E-state index in [0.29, 0.717) is 17.0 Å². The highest BCUT2D eigenvalue weighted by Crippen LogP contribution is 2.47. The van der Waals surface area contributed by atoms with Crippen molar-refractivity contribution in [2.24, 2.45) is 0 Å². The number of aromatic hydroxyl groups is 1. The number of phenolic OH excluding ortho intramolecular Hbond substituents is 1. The molecule has 0 fully saturated rings. The molecule has 358 valence electrons. The number of nitrogens with zero attached hydrogens (tertiary/aromatic N) is 3. The van der Waals surface area contributed by atoms with Gasteiger partial charge in [0.1, 0.15) is 11.6 Å². The minimum atomic E-state index is -2.19. The molecule has 0 bridgehead atoms. The quantitative estimate of drug-likeness (QED) is 0.165. The van der Waals surface area contributed by atoms with Gasteiger partial charge in [0, 0.05) is 32.6 Å². The van der Waals surface area contributed by atoms with E-state index in [9.17, 15) is 5.11 Å². The summed E-state index contributed by atoms with van der Waals surface area (Å²) < 4.78 is 26.0. The van der Waals surface area contributed by atoms with Gasteiger partial charge < -0.3 is 5.11 Å². The zero-order valence-corrected chi connectivity index (χ0v) is 43.2. The molecule has 0 amide bonds. The Balaban J connectivity index is 1.26. The van der Waals surface area contributed by atoms with Crippen LogP contribution < -0.4 is 0 Å². The van der Waals surface area contributed by atoms with E-state index < -0.39 is 6.85 Å². The van der Waals surface area contributed by atoms with Crippen molar-refractivity contribution in [1.82, 2.24) is 14.5 Å². The van der Waals surface area contributed by atoms with Crippen molar-refractivity contribution in [3.63, 3.8) is 0 Å². The molecule has 0 atom stereocenters. The zero-order chi connectivity index (χ0) is 53.2. The average Bonchev–Trinajstić information content (AvgIpc) is 3.77. The van der Waals surface area contributed by atoms with E-state index in [2.05, 4.69) is 219 Å². The maximum Gasteiger partial charge on any atom is 0.149 e. The summed E-state index contributed by atoms with van der Waals surface area (Å²) in [5, 5.41) is 12.8. The van der Waals surface area contributed by atoms with Crippen LogP contribution in [0.25, 0.3) is 95.0 Å². The average molecular weight is 943 g/mol. The van der Waals surface area contributed by atoms with Crippen LogP contribution in [0.15, 0.2) is 188 Å². The first-order valence-electron chi connectivity index (χ1n) is 26.5. The van der Waals surface area contributed by atoms with Crippen LogP contribution in [0.3, 0.4) is 0 Å². The van der Waals surface area contributed by atoms with Crippen molar-refractivity contribution in [3.05, 3.63) is 216 Å². The van der Waals surface area contributed by atoms with Crippen molar-refractivity contribution in [2.45, 2.75) is 92.3 Å². The fourth-order valence-corrected chi connectivity index (χ4v) is 9.91. The predicted octanol–water partition coefficient (Wildman–Crippen LogP) is 18.3. The second-order valence-electron chi connectivity index (χ2n) is 22.4. The molecule has 0 unspecified atom stereocenters. The molecule has 4 nitrogen and oxygen atoms in total. The van der Waals surface area contributed by atoms with Gasteiger partial charge in [-0.25, -0.2) is 4.98 Å². The summed E-state index contributed by atoms with van der Waals surface area (Å²) >= 11 is 0. The number of aryl methyl sites for hydroxylation is 2. The number of hydrogen-bond donors (Lipinski definition) is 1. The largest absolute Gasteiger partial charge is 0.507 e. The van der Waals surface area contributed by atoms with Crippen molar-refractivity contribution >= 4 is 11.0 Å². The molecule has 10 rings (SSSR count). The molecule has 72 heavy (non-hydrogen) atoms. The highest BCUT2D eigenvalue weighted by molar-refractivity contribution is 5.99. The summed E-state index contributed by atoms with van der Waals surface area (Å²) in [4.78, 5) is 10.7. The van der Waals surface area contributed by atoms with Gasteiger partial charge >= 0.3 is 0 Å². The molecule has 0 aliphatic carbocycles. The van der Waals surface area contributed by atoms with E-state index >= 15 is 0 Å². The Morgan fingerprint density at radius 3 is 1.72 bits per heavy atom. The van der Waals surface area contributed by atoms with Crippen LogP contribution in [0.4, 0.5) is 0 Å². The molecule has 0 saturated heterocycles. The van der Waals surface area contributed by atoms with Gasteiger partial charge in [-0.1, -0.05) is 195 Å². The van der Waals surface area contributed by atoms with Crippen LogP contribution >= 0.6 is 0 Å². The van der Waals surface area contributed by atoms with Crippen molar-refractivity contribution in [3.8, 4) is 89.7 Å². The minimum absolute atomic E-state index is 0.0261. The molecule has 0 saturated carbocycles. The zero-order valence-electron chi connectivity index (χ0n) is 46.2. The number of phenols is 1. The molecule has 8 aromatic carbocycles. The van der Waals surface area contributed by atoms with Crippen LogP contribution in [0, 0.1) is 13.8 Å². The number of rotatable bonds is 8. The van der Waals surface area contributed by atoms with Gasteiger partial charge in [-0.05, 0) is 146 Å². The van der Waals surface area contributed by atoms with Crippen LogP contribution in [-0.2, 0) is 16.2 Å². The Kier molecular flexibility index (Phi) is 11.3. The topological polar surface area (TPSA) is 50.9 Å². The van der Waals surface area contributed by atoms with Crippen molar-refractivity contribution < 1.29 is 9.22 Å². The van der Waals surface area contributed by atoms with Crippen LogP contribution in [0.1, 0.15) is 94.2 Å². The van der Waals surface area contributed by atoms with Crippen LogP contribution in [0.2, 0.25) is 0 Å². The molecule has 0 radical (unpaired) electrons. The molecular formula is C68H65N3O. The van der Waals surface area contributed by atoms with E-state index in [-0.39, 0.29) is 22.0 Å². The summed E-state index contributed by atoms with van der Waals surface area (Å²) in [5.74, 6) is 0.859. The lowest BCUT2D eigenvalue weighted by molar-refractivity contribution is 0.446. The summed E-state index contributed by atoms with van der Waals surface area (Å²) in [5.41, 5.74) is 19.3. The van der Waals surface area contributed by atoms with Crippen LogP contribution in [0.5, 0.6) is 5.75 Å². The third-order valence-electron chi connectivity index (χ3n) is 14.1. The Morgan fingerprint density at radius 2 is 1.07 bits per heavy atom. The lowest BCUT2D eigenvalue weighted by Gasteiger charge is -2.28. The maximum atomic E-state index is 12.8. The number of fused-ring (bicyclic) bond motifs is 1. The first-order valence-corrected chi connectivity index (χ1v) is 25.0. The van der Waals surface area contributed by atoms with Crippen LogP contribution in [-0.4, -0.2) is 19.6 Å². The Hall–Kier alpha value is -7.82. The SMILES string of the molecule is [2H]C([2H])([2H])c1ccc(-c2ccnc(-c3cc(-c4ccccc4)cc(-c4cccc5c4nc(-c4cc(C(C)(C)C)cc(C(C)(C)C)c4O)n5-c4cc(C)c(-c5ccc(C(C)(C)C)cc5)cc4-c4ccccc4)c3)c2)cc1. The number of para-hydroxylation sites is 1. The molecule has 0 aliphatic rings. The minimum Gasteiger partial charge on any atom is -0.507 e. The Bertz CT molecular complexity index is 3740. The first kappa shape index (κ1) is 44.1. The van der Waals surface area contributed by atoms with E-state index in [1.54, 1.807) is 12.1 Å². The third-order valence-corrected chi connectivity index (χ3v) is 14.1. The smallest absolute Gasteiger partial charge is 0.149 e. The van der Waals surface area contributed by atoms with E-state index in [1.165, 1.54) is 5.56 Å². The van der Waals surface area contributed by atoms with E-state index in [4.69, 9.17) is 14.1 Å². The monoisotopic (exact) mass is 943 g/mol. The summed E-state index contributed by atoms with van der Waals surface area (Å²) in [7, 11) is 0. The van der Waals surface area contributed by atoms with Crippen molar-refractivity contribution in [1.29, 1.82) is 0 Å². The first-order chi connectivity index (χ1) is 35.5. The lowest BCUT2D eigenvalue weighted by atomic mass is 9.79. The van der Waals surface area contributed by atoms with Gasteiger partial charge in [-0.15, -0.1) is 0 Å². The van der Waals surface area contributed by atoms with E-state index in [1.807, 2.05) is 30.5 Å². The highest BCUT2D eigenvalue weighted by Gasteiger charge is 2.30. The summed E-state index contributed by atoms with van der Waals surface area (Å²) in [6.45, 7) is 19.9. The standard InChI is InChI=1S/C68H65N3O/c1-43-25-27-46(28-26-43)49-33-34-69-60(39-49)52-37-50(45-19-14-12-15-20-45)36-51(38-52)55-23-18-24-61-63(55)70-65(58-40-54(67(6,7)8)41-59(64(58)72)68(9,10)11)71(61)62-35-44(2)56(42-57(62)47-21-16-13-17-22-47)48-29-31-53(32-30-48)66(3,4)5/h12-42,72H,1-11H3/i1D3. The molecule has 0 aliphatic heterocycles. The molecule has 0 spiro atoms. The van der Waals surface area contributed by atoms with Gasteiger partial charge in [-0.3, -0.25) is 9.55 Å². The maximum absolute atomic E-state index is 12.8. The fourth-order valence-electron chi connectivity index (χ4n) is 9.91. The molecule has 10 aromatic rings. The molecule has 1 N–H and O–H groups in total. The Labute approximate surface area is 431 Å². The molecular weight excluding hydrogens is 875 g/mol. The number of hydrogen-bond acceptors (Lipinski definition) is 3. The molecule has 2 aromatic heterocycles. The third kappa shape index (κ3) is 9.30. The fraction of sp³-hybridized carbons (Fsp3) is 0.206. The van der Waals surface area contributed by atoms with Gasteiger partial charge in [-0.2, -0.15) is 0 Å². The van der Waals surface area contributed by atoms with E-state index in [0.717, 1.165) is 100 Å². The molecule has 4 heteroatoms. The van der Waals surface area contributed by atoms with Crippen molar-refractivity contribution in [2.75, 3.05) is 0 Å².